The number of rotatable bonds is 7. The van der Waals surface area contributed by atoms with Gasteiger partial charge in [-0.25, -0.2) is 4.79 Å². The van der Waals surface area contributed by atoms with Gasteiger partial charge >= 0.3 is 6.03 Å². The van der Waals surface area contributed by atoms with Gasteiger partial charge in [0.25, 0.3) is 0 Å². The highest BCUT2D eigenvalue weighted by Crippen LogP contribution is 2.03. The molecular weight excluding hydrogens is 248 g/mol. The molecule has 0 fully saturated rings. The summed E-state index contributed by atoms with van der Waals surface area (Å²) in [5, 5.41) is 18.6. The van der Waals surface area contributed by atoms with Gasteiger partial charge in [-0.2, -0.15) is 4.98 Å². The van der Waals surface area contributed by atoms with E-state index in [2.05, 4.69) is 20.8 Å². The lowest BCUT2D eigenvalue weighted by molar-refractivity contribution is 0.116. The van der Waals surface area contributed by atoms with Crippen LogP contribution in [0.2, 0.25) is 0 Å². The Morgan fingerprint density at radius 2 is 2.05 bits per heavy atom. The Hall–Kier alpha value is -1.63. The number of aryl methyl sites for hydroxylation is 1. The number of carbonyl (C=O) groups is 1. The first kappa shape index (κ1) is 15.4. The average molecular weight is 270 g/mol. The molecule has 0 saturated carbocycles. The smallest absolute Gasteiger partial charge is 0.314 e. The van der Waals surface area contributed by atoms with Gasteiger partial charge in [0.1, 0.15) is 0 Å². The molecule has 1 aromatic heterocycles. The zero-order valence-electron chi connectivity index (χ0n) is 11.6. The molecule has 108 valence electrons. The molecule has 1 unspecified atom stereocenters. The average Bonchev–Trinajstić information content (AvgIpc) is 2.74. The van der Waals surface area contributed by atoms with Crippen molar-refractivity contribution in [3.05, 3.63) is 11.7 Å². The van der Waals surface area contributed by atoms with Crippen molar-refractivity contribution in [1.82, 2.24) is 20.8 Å². The molecule has 7 heteroatoms. The summed E-state index contributed by atoms with van der Waals surface area (Å²) in [5.41, 5.74) is 0. The monoisotopic (exact) mass is 270 g/mol. The topological polar surface area (TPSA) is 100 Å². The van der Waals surface area contributed by atoms with Crippen LogP contribution >= 0.6 is 0 Å². The number of hydrogen-bond donors (Lipinski definition) is 3. The van der Waals surface area contributed by atoms with Gasteiger partial charge in [-0.15, -0.1) is 0 Å². The Morgan fingerprint density at radius 3 is 2.63 bits per heavy atom. The molecule has 1 heterocycles. The van der Waals surface area contributed by atoms with Crippen LogP contribution < -0.4 is 10.6 Å². The van der Waals surface area contributed by atoms with Crippen LogP contribution in [0.5, 0.6) is 0 Å². The quantitative estimate of drug-likeness (QED) is 0.674. The Bertz CT molecular complexity index is 392. The van der Waals surface area contributed by atoms with Crippen molar-refractivity contribution in [3.8, 4) is 0 Å². The fourth-order valence-corrected chi connectivity index (χ4v) is 1.45. The second kappa shape index (κ2) is 7.73. The molecule has 7 nitrogen and oxygen atoms in total. The molecule has 1 rings (SSSR count). The lowest BCUT2D eigenvalue weighted by Crippen LogP contribution is -2.38. The lowest BCUT2D eigenvalue weighted by Gasteiger charge is -2.14. The maximum atomic E-state index is 11.4. The molecule has 2 amide bonds. The van der Waals surface area contributed by atoms with Crippen LogP contribution in [0.15, 0.2) is 4.52 Å². The van der Waals surface area contributed by atoms with Crippen molar-refractivity contribution in [3.63, 3.8) is 0 Å². The van der Waals surface area contributed by atoms with E-state index in [1.807, 2.05) is 13.8 Å². The zero-order chi connectivity index (χ0) is 14.3. The predicted molar refractivity (Wildman–Crippen MR) is 69.6 cm³/mol. The minimum Gasteiger partial charge on any atom is -0.393 e. The largest absolute Gasteiger partial charge is 0.393 e. The first-order chi connectivity index (χ1) is 8.99. The summed E-state index contributed by atoms with van der Waals surface area (Å²) in [6.45, 7) is 6.51. The van der Waals surface area contributed by atoms with Crippen molar-refractivity contribution in [2.45, 2.75) is 39.7 Å². The Balaban J connectivity index is 2.08. The van der Waals surface area contributed by atoms with E-state index in [0.717, 1.165) is 0 Å². The van der Waals surface area contributed by atoms with Crippen molar-refractivity contribution in [2.24, 2.45) is 5.92 Å². The van der Waals surface area contributed by atoms with E-state index in [-0.39, 0.29) is 18.1 Å². The minimum atomic E-state index is -0.387. The summed E-state index contributed by atoms with van der Waals surface area (Å²) >= 11 is 0. The third kappa shape index (κ3) is 6.19. The summed E-state index contributed by atoms with van der Waals surface area (Å²) in [4.78, 5) is 15.4. The van der Waals surface area contributed by atoms with E-state index >= 15 is 0 Å². The van der Waals surface area contributed by atoms with Gasteiger partial charge in [0.2, 0.25) is 5.89 Å². The highest BCUT2D eigenvalue weighted by atomic mass is 16.5. The normalized spacial score (nSPS) is 12.5. The molecule has 0 spiro atoms. The van der Waals surface area contributed by atoms with E-state index < -0.39 is 0 Å². The van der Waals surface area contributed by atoms with Crippen molar-refractivity contribution < 1.29 is 14.4 Å². The molecular formula is C12H22N4O3. The molecule has 0 radical (unpaired) electrons. The van der Waals surface area contributed by atoms with Gasteiger partial charge in [0.15, 0.2) is 5.82 Å². The Kier molecular flexibility index (Phi) is 6.27. The van der Waals surface area contributed by atoms with Gasteiger partial charge in [-0.1, -0.05) is 19.0 Å². The molecule has 1 atom stereocenters. The van der Waals surface area contributed by atoms with Crippen LogP contribution in [0.25, 0.3) is 0 Å². The molecule has 0 aliphatic rings. The second-order valence-corrected chi connectivity index (χ2v) is 4.77. The molecule has 0 aliphatic heterocycles. The molecule has 0 bridgehead atoms. The van der Waals surface area contributed by atoms with Crippen LogP contribution in [-0.4, -0.2) is 40.5 Å². The SMILES string of the molecule is Cc1noc(CCNC(=O)NCCC(O)C(C)C)n1. The number of nitrogens with one attached hydrogen (secondary N) is 2. The van der Waals surface area contributed by atoms with Gasteiger partial charge in [0, 0.05) is 19.5 Å². The van der Waals surface area contributed by atoms with Gasteiger partial charge in [-0.05, 0) is 19.3 Å². The van der Waals surface area contributed by atoms with Crippen molar-refractivity contribution >= 4 is 6.03 Å². The summed E-state index contributed by atoms with van der Waals surface area (Å²) in [5.74, 6) is 1.29. The zero-order valence-corrected chi connectivity index (χ0v) is 11.6. The van der Waals surface area contributed by atoms with Crippen LogP contribution in [0.3, 0.4) is 0 Å². The van der Waals surface area contributed by atoms with Crippen LogP contribution in [0, 0.1) is 12.8 Å². The van der Waals surface area contributed by atoms with E-state index in [0.29, 0.717) is 37.6 Å². The summed E-state index contributed by atoms with van der Waals surface area (Å²) < 4.78 is 4.92. The number of aromatic nitrogens is 2. The van der Waals surface area contributed by atoms with Crippen LogP contribution in [0.4, 0.5) is 4.79 Å². The molecule has 0 saturated heterocycles. The predicted octanol–water partition coefficient (Wildman–Crippen LogP) is 0.627. The third-order valence-electron chi connectivity index (χ3n) is 2.69. The Morgan fingerprint density at radius 1 is 1.37 bits per heavy atom. The fraction of sp³-hybridized carbons (Fsp3) is 0.750. The number of carbonyl (C=O) groups excluding carboxylic acids is 1. The van der Waals surface area contributed by atoms with E-state index in [1.165, 1.54) is 0 Å². The molecule has 19 heavy (non-hydrogen) atoms. The van der Waals surface area contributed by atoms with E-state index in [9.17, 15) is 9.90 Å². The molecule has 1 aromatic rings. The lowest BCUT2D eigenvalue weighted by atomic mass is 10.0. The number of urea groups is 1. The molecule has 0 aromatic carbocycles. The van der Waals surface area contributed by atoms with Gasteiger partial charge in [0.05, 0.1) is 6.10 Å². The minimum absolute atomic E-state index is 0.200. The van der Waals surface area contributed by atoms with Crippen molar-refractivity contribution in [1.29, 1.82) is 0 Å². The van der Waals surface area contributed by atoms with Crippen molar-refractivity contribution in [2.75, 3.05) is 13.1 Å². The van der Waals surface area contributed by atoms with Crippen LogP contribution in [-0.2, 0) is 6.42 Å². The Labute approximate surface area is 112 Å². The standard InChI is InChI=1S/C12H22N4O3/c1-8(2)10(17)4-6-13-12(18)14-7-5-11-15-9(3)16-19-11/h8,10,17H,4-7H2,1-3H3,(H2,13,14,18). The molecule has 0 aliphatic carbocycles. The highest BCUT2D eigenvalue weighted by Gasteiger charge is 2.09. The summed E-state index contributed by atoms with van der Waals surface area (Å²) in [6, 6.07) is -0.257. The fourth-order valence-electron chi connectivity index (χ4n) is 1.45. The second-order valence-electron chi connectivity index (χ2n) is 4.77. The highest BCUT2D eigenvalue weighted by molar-refractivity contribution is 5.73. The van der Waals surface area contributed by atoms with E-state index in [1.54, 1.807) is 6.92 Å². The number of aliphatic hydroxyl groups is 1. The number of amides is 2. The number of hydrogen-bond acceptors (Lipinski definition) is 5. The number of aliphatic hydroxyl groups excluding tert-OH is 1. The summed E-state index contributed by atoms with van der Waals surface area (Å²) in [7, 11) is 0. The maximum Gasteiger partial charge on any atom is 0.314 e. The molecule has 3 N–H and O–H groups in total. The maximum absolute atomic E-state index is 11.4. The number of nitrogens with zero attached hydrogens (tertiary/aromatic N) is 2. The first-order valence-electron chi connectivity index (χ1n) is 6.48. The first-order valence-corrected chi connectivity index (χ1v) is 6.48. The summed E-state index contributed by atoms with van der Waals surface area (Å²) in [6.07, 6.45) is 0.665. The third-order valence-corrected chi connectivity index (χ3v) is 2.69. The van der Waals surface area contributed by atoms with Crippen LogP contribution in [0.1, 0.15) is 32.0 Å². The van der Waals surface area contributed by atoms with Gasteiger partial charge < -0.3 is 20.3 Å². The van der Waals surface area contributed by atoms with Gasteiger partial charge in [-0.3, -0.25) is 0 Å². The van der Waals surface area contributed by atoms with E-state index in [4.69, 9.17) is 4.52 Å².